The molecule has 0 aliphatic heterocycles. The standard InChI is InChI=1S/C12H12N4/c1-10(11-6-2-4-8-13-11)15-16-12-7-3-5-9-14-12/h2-9H,1H3,(H,14,16)/b15-10+. The quantitative estimate of drug-likeness (QED) is 0.627. The van der Waals surface area contributed by atoms with Gasteiger partial charge in [-0.3, -0.25) is 10.4 Å². The summed E-state index contributed by atoms with van der Waals surface area (Å²) in [4.78, 5) is 8.31. The number of hydrogen-bond donors (Lipinski definition) is 1. The Hall–Kier alpha value is -2.23. The molecule has 0 atom stereocenters. The summed E-state index contributed by atoms with van der Waals surface area (Å²) in [6.07, 6.45) is 3.46. The van der Waals surface area contributed by atoms with Crippen LogP contribution in [0.3, 0.4) is 0 Å². The summed E-state index contributed by atoms with van der Waals surface area (Å²) in [5, 5.41) is 4.21. The van der Waals surface area contributed by atoms with Crippen molar-refractivity contribution in [3.63, 3.8) is 0 Å². The molecule has 0 fully saturated rings. The van der Waals surface area contributed by atoms with Crippen molar-refractivity contribution in [3.8, 4) is 0 Å². The molecule has 0 amide bonds. The van der Waals surface area contributed by atoms with Crippen LogP contribution in [0.1, 0.15) is 12.6 Å². The summed E-state index contributed by atoms with van der Waals surface area (Å²) in [7, 11) is 0. The zero-order valence-corrected chi connectivity index (χ0v) is 8.96. The van der Waals surface area contributed by atoms with Crippen LogP contribution in [0.4, 0.5) is 5.82 Å². The van der Waals surface area contributed by atoms with Crippen LogP contribution in [0, 0.1) is 0 Å². The summed E-state index contributed by atoms with van der Waals surface area (Å²) in [6, 6.07) is 11.3. The summed E-state index contributed by atoms with van der Waals surface area (Å²) >= 11 is 0. The van der Waals surface area contributed by atoms with E-state index in [9.17, 15) is 0 Å². The molecule has 4 heteroatoms. The molecule has 0 bridgehead atoms. The van der Waals surface area contributed by atoms with Crippen LogP contribution in [-0.4, -0.2) is 15.7 Å². The normalized spacial score (nSPS) is 11.2. The number of pyridine rings is 2. The Kier molecular flexibility index (Phi) is 3.23. The van der Waals surface area contributed by atoms with Gasteiger partial charge in [-0.2, -0.15) is 5.10 Å². The second-order valence-electron chi connectivity index (χ2n) is 3.24. The molecule has 2 rings (SSSR count). The van der Waals surface area contributed by atoms with Crippen molar-refractivity contribution in [2.24, 2.45) is 5.10 Å². The number of anilines is 1. The molecule has 80 valence electrons. The molecule has 16 heavy (non-hydrogen) atoms. The van der Waals surface area contributed by atoms with Crippen LogP contribution in [0.2, 0.25) is 0 Å². The molecule has 0 aromatic carbocycles. The molecule has 4 nitrogen and oxygen atoms in total. The molecule has 0 saturated carbocycles. The zero-order chi connectivity index (χ0) is 11.2. The first-order valence-corrected chi connectivity index (χ1v) is 4.99. The molecular formula is C12H12N4. The monoisotopic (exact) mass is 212 g/mol. The van der Waals surface area contributed by atoms with Crippen LogP contribution in [0.25, 0.3) is 0 Å². The van der Waals surface area contributed by atoms with E-state index < -0.39 is 0 Å². The minimum atomic E-state index is 0.720. The molecule has 0 spiro atoms. The summed E-state index contributed by atoms with van der Waals surface area (Å²) in [5.74, 6) is 0.720. The lowest BCUT2D eigenvalue weighted by atomic mass is 10.3. The second-order valence-corrected chi connectivity index (χ2v) is 3.24. The largest absolute Gasteiger partial charge is 0.261 e. The first-order chi connectivity index (χ1) is 7.86. The molecule has 0 unspecified atom stereocenters. The number of nitrogens with zero attached hydrogens (tertiary/aromatic N) is 3. The van der Waals surface area contributed by atoms with E-state index in [0.717, 1.165) is 17.2 Å². The number of rotatable bonds is 3. The van der Waals surface area contributed by atoms with Crippen molar-refractivity contribution in [2.45, 2.75) is 6.92 Å². The highest BCUT2D eigenvalue weighted by Gasteiger charge is 1.96. The highest BCUT2D eigenvalue weighted by Crippen LogP contribution is 2.01. The van der Waals surface area contributed by atoms with Crippen molar-refractivity contribution in [1.29, 1.82) is 0 Å². The predicted molar refractivity (Wildman–Crippen MR) is 64.3 cm³/mol. The van der Waals surface area contributed by atoms with Crippen LogP contribution < -0.4 is 5.43 Å². The van der Waals surface area contributed by atoms with E-state index in [1.54, 1.807) is 12.4 Å². The maximum absolute atomic E-state index is 4.21. The predicted octanol–water partition coefficient (Wildman–Crippen LogP) is 2.31. The molecule has 0 aliphatic rings. The van der Waals surface area contributed by atoms with Gasteiger partial charge in [0, 0.05) is 12.4 Å². The van der Waals surface area contributed by atoms with Gasteiger partial charge in [0.1, 0.15) is 5.82 Å². The third-order valence-corrected chi connectivity index (χ3v) is 2.04. The lowest BCUT2D eigenvalue weighted by Gasteiger charge is -2.01. The summed E-state index contributed by atoms with van der Waals surface area (Å²) in [5.41, 5.74) is 4.56. The van der Waals surface area contributed by atoms with Crippen molar-refractivity contribution in [1.82, 2.24) is 9.97 Å². The first kappa shape index (κ1) is 10.3. The van der Waals surface area contributed by atoms with Gasteiger partial charge in [-0.15, -0.1) is 0 Å². The van der Waals surface area contributed by atoms with E-state index in [2.05, 4.69) is 20.5 Å². The fourth-order valence-electron chi connectivity index (χ4n) is 1.20. The van der Waals surface area contributed by atoms with Gasteiger partial charge in [-0.05, 0) is 31.2 Å². The Balaban J connectivity index is 2.09. The van der Waals surface area contributed by atoms with Crippen LogP contribution in [-0.2, 0) is 0 Å². The fraction of sp³-hybridized carbons (Fsp3) is 0.0833. The Bertz CT molecular complexity index is 465. The number of hydrazone groups is 1. The van der Waals surface area contributed by atoms with Gasteiger partial charge < -0.3 is 0 Å². The van der Waals surface area contributed by atoms with Crippen LogP contribution >= 0.6 is 0 Å². The average molecular weight is 212 g/mol. The topological polar surface area (TPSA) is 50.2 Å². The lowest BCUT2D eigenvalue weighted by molar-refractivity contribution is 1.20. The van der Waals surface area contributed by atoms with Crippen LogP contribution in [0.15, 0.2) is 53.9 Å². The van der Waals surface area contributed by atoms with E-state index in [4.69, 9.17) is 0 Å². The van der Waals surface area contributed by atoms with Gasteiger partial charge in [0.2, 0.25) is 0 Å². The highest BCUT2D eigenvalue weighted by molar-refractivity contribution is 5.97. The van der Waals surface area contributed by atoms with Gasteiger partial charge in [0.05, 0.1) is 11.4 Å². The van der Waals surface area contributed by atoms with E-state index >= 15 is 0 Å². The minimum absolute atomic E-state index is 0.720. The highest BCUT2D eigenvalue weighted by atomic mass is 15.3. The van der Waals surface area contributed by atoms with Gasteiger partial charge in [0.15, 0.2) is 0 Å². The van der Waals surface area contributed by atoms with Gasteiger partial charge >= 0.3 is 0 Å². The minimum Gasteiger partial charge on any atom is -0.261 e. The Labute approximate surface area is 94.1 Å². The van der Waals surface area contributed by atoms with Crippen LogP contribution in [0.5, 0.6) is 0 Å². The average Bonchev–Trinajstić information content (AvgIpc) is 2.38. The number of hydrogen-bond acceptors (Lipinski definition) is 4. The molecule has 0 radical (unpaired) electrons. The third-order valence-electron chi connectivity index (χ3n) is 2.04. The molecule has 0 saturated heterocycles. The van der Waals surface area contributed by atoms with Crippen molar-refractivity contribution in [3.05, 3.63) is 54.5 Å². The van der Waals surface area contributed by atoms with E-state index in [1.807, 2.05) is 43.3 Å². The fourth-order valence-corrected chi connectivity index (χ4v) is 1.20. The first-order valence-electron chi connectivity index (χ1n) is 4.99. The summed E-state index contributed by atoms with van der Waals surface area (Å²) < 4.78 is 0. The lowest BCUT2D eigenvalue weighted by Crippen LogP contribution is -2.02. The zero-order valence-electron chi connectivity index (χ0n) is 8.96. The maximum Gasteiger partial charge on any atom is 0.146 e. The van der Waals surface area contributed by atoms with Crippen molar-refractivity contribution in [2.75, 3.05) is 5.43 Å². The maximum atomic E-state index is 4.21. The molecule has 2 aromatic heterocycles. The molecule has 2 aromatic rings. The Morgan fingerprint density at radius 1 is 1.06 bits per heavy atom. The molecule has 0 aliphatic carbocycles. The molecule has 2 heterocycles. The third kappa shape index (κ3) is 2.63. The molecule has 1 N–H and O–H groups in total. The Morgan fingerprint density at radius 3 is 2.44 bits per heavy atom. The number of nitrogens with one attached hydrogen (secondary N) is 1. The SMILES string of the molecule is C/C(=N\Nc1ccccn1)c1ccccn1. The van der Waals surface area contributed by atoms with Crippen molar-refractivity contribution < 1.29 is 0 Å². The smallest absolute Gasteiger partial charge is 0.146 e. The Morgan fingerprint density at radius 2 is 1.81 bits per heavy atom. The number of aromatic nitrogens is 2. The van der Waals surface area contributed by atoms with E-state index in [0.29, 0.717) is 0 Å². The second kappa shape index (κ2) is 5.02. The van der Waals surface area contributed by atoms with Crippen molar-refractivity contribution >= 4 is 11.5 Å². The van der Waals surface area contributed by atoms with Gasteiger partial charge in [0.25, 0.3) is 0 Å². The molecular weight excluding hydrogens is 200 g/mol. The summed E-state index contributed by atoms with van der Waals surface area (Å²) in [6.45, 7) is 1.90. The van der Waals surface area contributed by atoms with E-state index in [1.165, 1.54) is 0 Å². The van der Waals surface area contributed by atoms with Gasteiger partial charge in [-0.25, -0.2) is 4.98 Å². The van der Waals surface area contributed by atoms with E-state index in [-0.39, 0.29) is 0 Å². The van der Waals surface area contributed by atoms with Gasteiger partial charge in [-0.1, -0.05) is 12.1 Å².